The van der Waals surface area contributed by atoms with Crippen LogP contribution in [-0.4, -0.2) is 31.1 Å². The summed E-state index contributed by atoms with van der Waals surface area (Å²) in [5.74, 6) is -1.21. The molecule has 0 amide bonds. The van der Waals surface area contributed by atoms with Crippen LogP contribution in [0.2, 0.25) is 0 Å². The molecule has 0 aliphatic heterocycles. The summed E-state index contributed by atoms with van der Waals surface area (Å²) in [6, 6.07) is 2.88. The average molecular weight is 306 g/mol. The highest BCUT2D eigenvalue weighted by atomic mass is 32.2. The summed E-state index contributed by atoms with van der Waals surface area (Å²) in [5, 5.41) is 19.8. The van der Waals surface area contributed by atoms with Crippen molar-refractivity contribution in [3.63, 3.8) is 0 Å². The fourth-order valence-corrected chi connectivity index (χ4v) is 2.82. The Hall–Kier alpha value is -1.58. The van der Waals surface area contributed by atoms with Crippen molar-refractivity contribution in [1.29, 1.82) is 0 Å². The van der Waals surface area contributed by atoms with Gasteiger partial charge in [-0.15, -0.1) is 0 Å². The molecule has 0 heterocycles. The topological polar surface area (TPSA) is 110 Å². The molecule has 9 heteroatoms. The number of aliphatic hydroxyl groups excluding tert-OH is 1. The Morgan fingerprint density at radius 1 is 1.50 bits per heavy atom. The Kier molecular flexibility index (Phi) is 5.54. The van der Waals surface area contributed by atoms with E-state index in [-0.39, 0.29) is 6.54 Å². The Balaban J connectivity index is 2.93. The lowest BCUT2D eigenvalue weighted by Gasteiger charge is -2.08. The normalized spacial score (nSPS) is 13.2. The monoisotopic (exact) mass is 306 g/mol. The molecule has 0 saturated heterocycles. The molecule has 1 unspecified atom stereocenters. The number of aliphatic hydroxyl groups is 1. The van der Waals surface area contributed by atoms with Crippen molar-refractivity contribution in [2.45, 2.75) is 30.8 Å². The van der Waals surface area contributed by atoms with E-state index in [1.165, 1.54) is 0 Å². The molecular formula is C11H15FN2O5S. The minimum absolute atomic E-state index is 0.000894. The summed E-state index contributed by atoms with van der Waals surface area (Å²) in [6.45, 7) is 1.56. The molecule has 7 nitrogen and oxygen atoms in total. The second-order valence-electron chi connectivity index (χ2n) is 4.23. The number of benzene rings is 1. The Morgan fingerprint density at radius 2 is 2.15 bits per heavy atom. The zero-order valence-corrected chi connectivity index (χ0v) is 11.6. The predicted molar refractivity (Wildman–Crippen MR) is 69.2 cm³/mol. The van der Waals surface area contributed by atoms with Crippen molar-refractivity contribution in [3.8, 4) is 0 Å². The Bertz CT molecular complexity index is 588. The van der Waals surface area contributed by atoms with E-state index >= 15 is 0 Å². The number of rotatable bonds is 7. The van der Waals surface area contributed by atoms with Gasteiger partial charge in [0.05, 0.1) is 11.0 Å². The van der Waals surface area contributed by atoms with Gasteiger partial charge in [0, 0.05) is 6.54 Å². The van der Waals surface area contributed by atoms with Gasteiger partial charge >= 0.3 is 5.69 Å². The molecule has 0 aliphatic rings. The summed E-state index contributed by atoms with van der Waals surface area (Å²) in [5.41, 5.74) is -1.07. The van der Waals surface area contributed by atoms with E-state index in [9.17, 15) is 22.9 Å². The van der Waals surface area contributed by atoms with E-state index in [0.717, 1.165) is 18.2 Å². The van der Waals surface area contributed by atoms with Crippen LogP contribution in [0.25, 0.3) is 0 Å². The zero-order chi connectivity index (χ0) is 15.3. The van der Waals surface area contributed by atoms with Crippen LogP contribution in [-0.2, 0) is 10.0 Å². The minimum Gasteiger partial charge on any atom is -0.393 e. The Labute approximate surface area is 115 Å². The molecule has 0 fully saturated rings. The van der Waals surface area contributed by atoms with E-state index in [1.54, 1.807) is 6.92 Å². The highest BCUT2D eigenvalue weighted by Gasteiger charge is 2.28. The lowest BCUT2D eigenvalue weighted by atomic mass is 10.2. The van der Waals surface area contributed by atoms with Crippen LogP contribution in [0, 0.1) is 15.9 Å². The Morgan fingerprint density at radius 3 is 2.70 bits per heavy atom. The summed E-state index contributed by atoms with van der Waals surface area (Å²) in [6.07, 6.45) is 0.177. The van der Waals surface area contributed by atoms with Gasteiger partial charge in [0.25, 0.3) is 0 Å². The predicted octanol–water partition coefficient (Wildman–Crippen LogP) is 1.17. The van der Waals surface area contributed by atoms with Crippen LogP contribution in [0.1, 0.15) is 19.8 Å². The number of hydrogen-bond acceptors (Lipinski definition) is 5. The smallest absolute Gasteiger partial charge is 0.324 e. The number of sulfonamides is 1. The van der Waals surface area contributed by atoms with Crippen LogP contribution in [0.4, 0.5) is 10.1 Å². The maximum Gasteiger partial charge on any atom is 0.324 e. The van der Waals surface area contributed by atoms with Crippen molar-refractivity contribution in [2.24, 2.45) is 0 Å². The summed E-state index contributed by atoms with van der Waals surface area (Å²) in [4.78, 5) is 8.97. The van der Waals surface area contributed by atoms with Gasteiger partial charge < -0.3 is 5.11 Å². The van der Waals surface area contributed by atoms with Crippen LogP contribution in [0.5, 0.6) is 0 Å². The van der Waals surface area contributed by atoms with Crippen molar-refractivity contribution in [2.75, 3.05) is 6.54 Å². The van der Waals surface area contributed by atoms with Crippen molar-refractivity contribution < 1.29 is 22.8 Å². The van der Waals surface area contributed by atoms with Gasteiger partial charge in [-0.3, -0.25) is 10.1 Å². The summed E-state index contributed by atoms with van der Waals surface area (Å²) >= 11 is 0. The highest BCUT2D eigenvalue weighted by molar-refractivity contribution is 7.89. The number of nitrogens with zero attached hydrogens (tertiary/aromatic N) is 1. The van der Waals surface area contributed by atoms with Gasteiger partial charge in [0.2, 0.25) is 15.8 Å². The van der Waals surface area contributed by atoms with Gasteiger partial charge in [0.15, 0.2) is 4.90 Å². The molecule has 0 bridgehead atoms. The molecule has 1 atom stereocenters. The molecule has 20 heavy (non-hydrogen) atoms. The molecule has 1 aromatic carbocycles. The standard InChI is InChI=1S/C11H15FN2O5S/c1-8(15)4-3-7-13-20(18,19)10-6-2-5-9(12)11(10)14(16)17/h2,5-6,8,13,15H,3-4,7H2,1H3. The van der Waals surface area contributed by atoms with Gasteiger partial charge in [-0.2, -0.15) is 4.39 Å². The quantitative estimate of drug-likeness (QED) is 0.446. The van der Waals surface area contributed by atoms with E-state index in [1.807, 2.05) is 0 Å². The van der Waals surface area contributed by atoms with E-state index < -0.39 is 37.5 Å². The number of nitrogens with one attached hydrogen (secondary N) is 1. The van der Waals surface area contributed by atoms with Gasteiger partial charge in [-0.1, -0.05) is 6.07 Å². The van der Waals surface area contributed by atoms with E-state index in [4.69, 9.17) is 5.11 Å². The van der Waals surface area contributed by atoms with Gasteiger partial charge in [-0.05, 0) is 31.9 Å². The van der Waals surface area contributed by atoms with Crippen molar-refractivity contribution >= 4 is 15.7 Å². The maximum atomic E-state index is 13.4. The molecule has 2 N–H and O–H groups in total. The van der Waals surface area contributed by atoms with E-state index in [2.05, 4.69) is 4.72 Å². The molecule has 0 radical (unpaired) electrons. The SMILES string of the molecule is CC(O)CCCNS(=O)(=O)c1cccc(F)c1[N+](=O)[O-]. The van der Waals surface area contributed by atoms with Gasteiger partial charge in [-0.25, -0.2) is 13.1 Å². The average Bonchev–Trinajstić information content (AvgIpc) is 2.33. The first-order valence-corrected chi connectivity index (χ1v) is 7.34. The third-order valence-electron chi connectivity index (χ3n) is 2.51. The van der Waals surface area contributed by atoms with Crippen molar-refractivity contribution in [1.82, 2.24) is 4.72 Å². The second kappa shape index (κ2) is 6.73. The number of hydrogen-bond donors (Lipinski definition) is 2. The summed E-state index contributed by atoms with van der Waals surface area (Å²) in [7, 11) is -4.17. The molecule has 1 rings (SSSR count). The number of para-hydroxylation sites is 1. The van der Waals surface area contributed by atoms with Crippen molar-refractivity contribution in [3.05, 3.63) is 34.1 Å². The molecule has 0 spiro atoms. The highest BCUT2D eigenvalue weighted by Crippen LogP contribution is 2.26. The molecule has 0 saturated carbocycles. The lowest BCUT2D eigenvalue weighted by molar-refractivity contribution is -0.390. The van der Waals surface area contributed by atoms with Crippen LogP contribution in [0.15, 0.2) is 23.1 Å². The minimum atomic E-state index is -4.17. The first-order valence-electron chi connectivity index (χ1n) is 5.86. The van der Waals surface area contributed by atoms with Crippen LogP contribution in [0.3, 0.4) is 0 Å². The maximum absolute atomic E-state index is 13.4. The molecule has 0 aliphatic carbocycles. The number of halogens is 1. The number of nitro benzene ring substituents is 1. The lowest BCUT2D eigenvalue weighted by Crippen LogP contribution is -2.26. The number of nitro groups is 1. The first kappa shape index (κ1) is 16.5. The molecule has 1 aromatic rings. The largest absolute Gasteiger partial charge is 0.393 e. The third-order valence-corrected chi connectivity index (χ3v) is 4.01. The van der Waals surface area contributed by atoms with E-state index in [0.29, 0.717) is 12.8 Å². The van der Waals surface area contributed by atoms with Gasteiger partial charge in [0.1, 0.15) is 0 Å². The fourth-order valence-electron chi connectivity index (χ4n) is 1.57. The second-order valence-corrected chi connectivity index (χ2v) is 5.97. The molecule has 112 valence electrons. The first-order chi connectivity index (χ1) is 9.25. The molecular weight excluding hydrogens is 291 g/mol. The zero-order valence-electron chi connectivity index (χ0n) is 10.7. The van der Waals surface area contributed by atoms with Crippen LogP contribution < -0.4 is 4.72 Å². The fraction of sp³-hybridized carbons (Fsp3) is 0.455. The third kappa shape index (κ3) is 4.22. The molecule has 0 aromatic heterocycles. The van der Waals surface area contributed by atoms with Crippen LogP contribution >= 0.6 is 0 Å². The summed E-state index contributed by atoms with van der Waals surface area (Å²) < 4.78 is 39.3.